The molecule has 0 aromatic heterocycles. The molecule has 0 aromatic rings. The second-order valence-corrected chi connectivity index (χ2v) is 6.91. The van der Waals surface area contributed by atoms with Crippen LogP contribution in [0.3, 0.4) is 0 Å². The van der Waals surface area contributed by atoms with E-state index in [0.29, 0.717) is 32.7 Å². The molecule has 0 radical (unpaired) electrons. The zero-order valence-electron chi connectivity index (χ0n) is 12.1. The van der Waals surface area contributed by atoms with Gasteiger partial charge in [-0.3, -0.25) is 9.59 Å². The zero-order chi connectivity index (χ0) is 15.9. The number of amides is 1. The summed E-state index contributed by atoms with van der Waals surface area (Å²) in [6.07, 6.45) is 0.234. The second-order valence-electron chi connectivity index (χ2n) is 4.82. The number of aliphatic carboxylic acids is 1. The number of hydrogen-bond acceptors (Lipinski definition) is 5. The van der Waals surface area contributed by atoms with Crippen molar-refractivity contribution in [2.45, 2.75) is 19.8 Å². The lowest BCUT2D eigenvalue weighted by Crippen LogP contribution is -2.42. The largest absolute Gasteiger partial charge is 0.481 e. The summed E-state index contributed by atoms with van der Waals surface area (Å²) in [4.78, 5) is 22.4. The van der Waals surface area contributed by atoms with E-state index >= 15 is 0 Å². The first-order valence-electron chi connectivity index (χ1n) is 6.92. The predicted octanol–water partition coefficient (Wildman–Crippen LogP) is -0.734. The van der Waals surface area contributed by atoms with Gasteiger partial charge in [-0.15, -0.1) is 0 Å². The molecule has 1 atom stereocenters. The SMILES string of the molecule is CCC(CNC(=O)CCS(=O)(=O)N1CCOCC1)C(=O)O. The fraction of sp³-hybridized carbons (Fsp3) is 0.833. The molecule has 122 valence electrons. The predicted molar refractivity (Wildman–Crippen MR) is 75.2 cm³/mol. The van der Waals surface area contributed by atoms with Gasteiger partial charge in [0, 0.05) is 26.1 Å². The molecule has 0 aromatic carbocycles. The summed E-state index contributed by atoms with van der Waals surface area (Å²) < 4.78 is 30.4. The van der Waals surface area contributed by atoms with Crippen molar-refractivity contribution in [1.82, 2.24) is 9.62 Å². The van der Waals surface area contributed by atoms with Crippen molar-refractivity contribution in [2.75, 3.05) is 38.6 Å². The van der Waals surface area contributed by atoms with Crippen LogP contribution in [0.1, 0.15) is 19.8 Å². The molecule has 1 heterocycles. The van der Waals surface area contributed by atoms with Gasteiger partial charge in [0.1, 0.15) is 0 Å². The molecule has 0 spiro atoms. The minimum atomic E-state index is -3.46. The summed E-state index contributed by atoms with van der Waals surface area (Å²) in [7, 11) is -3.46. The first-order chi connectivity index (χ1) is 9.86. The van der Waals surface area contributed by atoms with Crippen LogP contribution in [-0.2, 0) is 24.3 Å². The highest BCUT2D eigenvalue weighted by molar-refractivity contribution is 7.89. The number of morpholine rings is 1. The maximum atomic E-state index is 12.0. The molecular weight excluding hydrogens is 300 g/mol. The normalized spacial score (nSPS) is 18.1. The van der Waals surface area contributed by atoms with E-state index in [-0.39, 0.29) is 18.7 Å². The molecule has 1 aliphatic heterocycles. The average molecular weight is 322 g/mol. The van der Waals surface area contributed by atoms with Crippen LogP contribution in [0.5, 0.6) is 0 Å². The third-order valence-corrected chi connectivity index (χ3v) is 5.21. The molecule has 1 amide bonds. The Balaban J connectivity index is 2.36. The summed E-state index contributed by atoms with van der Waals surface area (Å²) in [5, 5.41) is 11.3. The van der Waals surface area contributed by atoms with Crippen LogP contribution in [0.4, 0.5) is 0 Å². The van der Waals surface area contributed by atoms with E-state index in [1.807, 2.05) is 0 Å². The van der Waals surface area contributed by atoms with Crippen LogP contribution in [0.15, 0.2) is 0 Å². The topological polar surface area (TPSA) is 113 Å². The summed E-state index contributed by atoms with van der Waals surface area (Å²) in [6.45, 7) is 3.07. The van der Waals surface area contributed by atoms with Crippen molar-refractivity contribution < 1.29 is 27.9 Å². The molecule has 0 aliphatic carbocycles. The van der Waals surface area contributed by atoms with Crippen LogP contribution in [0.2, 0.25) is 0 Å². The number of nitrogens with one attached hydrogen (secondary N) is 1. The van der Waals surface area contributed by atoms with E-state index in [2.05, 4.69) is 5.32 Å². The molecule has 8 nitrogen and oxygen atoms in total. The van der Waals surface area contributed by atoms with Gasteiger partial charge < -0.3 is 15.2 Å². The van der Waals surface area contributed by atoms with Gasteiger partial charge in [-0.25, -0.2) is 8.42 Å². The summed E-state index contributed by atoms with van der Waals surface area (Å²) in [6, 6.07) is 0. The van der Waals surface area contributed by atoms with Crippen molar-refractivity contribution in [3.05, 3.63) is 0 Å². The maximum absolute atomic E-state index is 12.0. The molecule has 1 fully saturated rings. The number of carbonyl (C=O) groups excluding carboxylic acids is 1. The van der Waals surface area contributed by atoms with Crippen LogP contribution < -0.4 is 5.32 Å². The summed E-state index contributed by atoms with van der Waals surface area (Å²) in [5.41, 5.74) is 0. The first-order valence-corrected chi connectivity index (χ1v) is 8.52. The Kier molecular flexibility index (Phi) is 7.06. The monoisotopic (exact) mass is 322 g/mol. The summed E-state index contributed by atoms with van der Waals surface area (Å²) in [5.74, 6) is -2.35. The van der Waals surface area contributed by atoms with Crippen molar-refractivity contribution >= 4 is 21.9 Å². The van der Waals surface area contributed by atoms with Crippen LogP contribution >= 0.6 is 0 Å². The molecule has 2 N–H and O–H groups in total. The Morgan fingerprint density at radius 2 is 1.95 bits per heavy atom. The number of carboxylic acids is 1. The molecule has 21 heavy (non-hydrogen) atoms. The van der Waals surface area contributed by atoms with E-state index in [1.54, 1.807) is 6.92 Å². The van der Waals surface area contributed by atoms with E-state index in [1.165, 1.54) is 4.31 Å². The fourth-order valence-electron chi connectivity index (χ4n) is 1.91. The maximum Gasteiger partial charge on any atom is 0.308 e. The second kappa shape index (κ2) is 8.30. The molecule has 0 bridgehead atoms. The number of nitrogens with zero attached hydrogens (tertiary/aromatic N) is 1. The number of hydrogen-bond donors (Lipinski definition) is 2. The lowest BCUT2D eigenvalue weighted by molar-refractivity contribution is -0.141. The average Bonchev–Trinajstić information content (AvgIpc) is 2.46. The zero-order valence-corrected chi connectivity index (χ0v) is 12.9. The van der Waals surface area contributed by atoms with Gasteiger partial charge in [0.05, 0.1) is 24.9 Å². The lowest BCUT2D eigenvalue weighted by atomic mass is 10.1. The smallest absolute Gasteiger partial charge is 0.308 e. The third kappa shape index (κ3) is 5.98. The Hall–Kier alpha value is -1.19. The van der Waals surface area contributed by atoms with Gasteiger partial charge in [0.2, 0.25) is 15.9 Å². The van der Waals surface area contributed by atoms with Gasteiger partial charge in [0.25, 0.3) is 0 Å². The number of carbonyl (C=O) groups is 2. The van der Waals surface area contributed by atoms with Gasteiger partial charge in [-0.1, -0.05) is 6.92 Å². The highest BCUT2D eigenvalue weighted by Crippen LogP contribution is 2.07. The van der Waals surface area contributed by atoms with Crippen LogP contribution in [0, 0.1) is 5.92 Å². The standard InChI is InChI=1S/C12H22N2O6S/c1-2-10(12(16)17)9-13-11(15)3-8-21(18,19)14-4-6-20-7-5-14/h10H,2-9H2,1H3,(H,13,15)(H,16,17). The minimum Gasteiger partial charge on any atom is -0.481 e. The minimum absolute atomic E-state index is 0.0161. The molecule has 9 heteroatoms. The van der Waals surface area contributed by atoms with Crippen molar-refractivity contribution in [1.29, 1.82) is 0 Å². The van der Waals surface area contributed by atoms with E-state index in [9.17, 15) is 18.0 Å². The molecule has 1 unspecified atom stereocenters. The first kappa shape index (κ1) is 17.9. The van der Waals surface area contributed by atoms with Crippen molar-refractivity contribution in [2.24, 2.45) is 5.92 Å². The molecule has 1 rings (SSSR count). The Bertz CT molecular complexity index is 458. The quantitative estimate of drug-likeness (QED) is 0.609. The van der Waals surface area contributed by atoms with Crippen molar-refractivity contribution in [3.8, 4) is 0 Å². The molecular formula is C12H22N2O6S. The van der Waals surface area contributed by atoms with Crippen LogP contribution in [-0.4, -0.2) is 68.3 Å². The Morgan fingerprint density at radius 3 is 2.48 bits per heavy atom. The highest BCUT2D eigenvalue weighted by Gasteiger charge is 2.25. The molecule has 0 saturated carbocycles. The Morgan fingerprint density at radius 1 is 1.33 bits per heavy atom. The van der Waals surface area contributed by atoms with Crippen LogP contribution in [0.25, 0.3) is 0 Å². The number of rotatable bonds is 8. The number of sulfonamides is 1. The van der Waals surface area contributed by atoms with E-state index < -0.39 is 27.8 Å². The van der Waals surface area contributed by atoms with E-state index in [4.69, 9.17) is 9.84 Å². The van der Waals surface area contributed by atoms with E-state index in [0.717, 1.165) is 0 Å². The van der Waals surface area contributed by atoms with Gasteiger partial charge in [0.15, 0.2) is 0 Å². The Labute approximate surface area is 124 Å². The molecule has 1 aliphatic rings. The fourth-order valence-corrected chi connectivity index (χ4v) is 3.31. The van der Waals surface area contributed by atoms with Gasteiger partial charge in [-0.05, 0) is 6.42 Å². The lowest BCUT2D eigenvalue weighted by Gasteiger charge is -2.25. The molecule has 1 saturated heterocycles. The number of ether oxygens (including phenoxy) is 1. The third-order valence-electron chi connectivity index (χ3n) is 3.34. The summed E-state index contributed by atoms with van der Waals surface area (Å²) >= 11 is 0. The highest BCUT2D eigenvalue weighted by atomic mass is 32.2. The van der Waals surface area contributed by atoms with Crippen molar-refractivity contribution in [3.63, 3.8) is 0 Å². The van der Waals surface area contributed by atoms with Gasteiger partial charge in [-0.2, -0.15) is 4.31 Å². The van der Waals surface area contributed by atoms with Gasteiger partial charge >= 0.3 is 5.97 Å². The number of carboxylic acid groups (broad SMARTS) is 1.